The van der Waals surface area contributed by atoms with Crippen molar-refractivity contribution < 1.29 is 44.3 Å². The average molecular weight is 1140 g/mol. The van der Waals surface area contributed by atoms with Gasteiger partial charge in [-0.05, 0) is 109 Å². The van der Waals surface area contributed by atoms with Gasteiger partial charge in [0.2, 0.25) is 5.91 Å². The van der Waals surface area contributed by atoms with Gasteiger partial charge in [-0.3, -0.25) is 24.3 Å². The summed E-state index contributed by atoms with van der Waals surface area (Å²) in [7, 11) is -10.9. The van der Waals surface area contributed by atoms with E-state index in [0.29, 0.717) is 82.3 Å². The maximum atomic E-state index is 14.3. The zero-order valence-electron chi connectivity index (χ0n) is 41.9. The number of rotatable bonds is 19. The Morgan fingerprint density at radius 2 is 1.48 bits per heavy atom. The molecule has 0 saturated carbocycles. The second-order valence-electron chi connectivity index (χ2n) is 19.9. The fourth-order valence-electron chi connectivity index (χ4n) is 10.3. The Labute approximate surface area is 452 Å². The SMILES string of the molecule is CC1(CN2CCN(C(=O)CCl)CC2)CCC(c2ccc(Cl)cc2)=C(CN2CCN(c3ccc(C(=O)NS(=O)(=O)c4ccc(N[C@H](CCN5CCOCC5)CSc5ccccc5)c(S(=O)(=O)C(F)(F)F)c4)cc3)CC2)C1. The minimum atomic E-state index is -6.08. The van der Waals surface area contributed by atoms with Crippen LogP contribution in [0.1, 0.15) is 48.5 Å². The number of anilines is 2. The highest BCUT2D eigenvalue weighted by molar-refractivity contribution is 7.99. The lowest BCUT2D eigenvalue weighted by Gasteiger charge is -2.44. The number of benzene rings is 4. The third-order valence-electron chi connectivity index (χ3n) is 14.5. The van der Waals surface area contributed by atoms with Crippen LogP contribution in [-0.2, 0) is 29.4 Å². The zero-order valence-corrected chi connectivity index (χ0v) is 45.8. The van der Waals surface area contributed by atoms with Gasteiger partial charge in [0.25, 0.3) is 25.8 Å². The van der Waals surface area contributed by atoms with Crippen molar-refractivity contribution in [3.63, 3.8) is 0 Å². The first kappa shape index (κ1) is 56.8. The van der Waals surface area contributed by atoms with Crippen LogP contribution in [0, 0.1) is 5.41 Å². The number of allylic oxidation sites excluding steroid dienone is 1. The van der Waals surface area contributed by atoms with Crippen LogP contribution in [0.4, 0.5) is 24.5 Å². The molecule has 3 saturated heterocycles. The van der Waals surface area contributed by atoms with Gasteiger partial charge in [-0.2, -0.15) is 13.2 Å². The quantitative estimate of drug-likeness (QED) is 0.0687. The summed E-state index contributed by atoms with van der Waals surface area (Å²) in [6.07, 6.45) is 3.35. The molecule has 0 radical (unpaired) electrons. The van der Waals surface area contributed by atoms with Crippen LogP contribution in [0.3, 0.4) is 0 Å². The lowest BCUT2D eigenvalue weighted by molar-refractivity contribution is -0.130. The van der Waals surface area contributed by atoms with Crippen LogP contribution >= 0.6 is 35.0 Å². The van der Waals surface area contributed by atoms with E-state index >= 15 is 0 Å². The van der Waals surface area contributed by atoms with Crippen molar-refractivity contribution in [3.8, 4) is 0 Å². The molecule has 2 amide bonds. The summed E-state index contributed by atoms with van der Waals surface area (Å²) in [6.45, 7) is 13.0. The summed E-state index contributed by atoms with van der Waals surface area (Å²) in [5.74, 6) is -0.704. The first-order valence-electron chi connectivity index (χ1n) is 25.2. The van der Waals surface area contributed by atoms with Crippen molar-refractivity contribution in [3.05, 3.63) is 119 Å². The monoisotopic (exact) mass is 1130 g/mol. The van der Waals surface area contributed by atoms with Gasteiger partial charge >= 0.3 is 5.51 Å². The molecule has 2 atom stereocenters. The summed E-state index contributed by atoms with van der Waals surface area (Å²) in [4.78, 5) is 35.6. The predicted octanol–water partition coefficient (Wildman–Crippen LogP) is 8.20. The van der Waals surface area contributed by atoms with Gasteiger partial charge in [0.15, 0.2) is 0 Å². The molecule has 3 fully saturated rings. The number of amides is 2. The molecule has 8 rings (SSSR count). The molecular formula is C53H64Cl2F3N7O7S3. The maximum absolute atomic E-state index is 14.3. The zero-order chi connectivity index (χ0) is 53.4. The number of ether oxygens (including phenoxy) is 1. The highest BCUT2D eigenvalue weighted by Crippen LogP contribution is 2.44. The number of morpholine rings is 1. The maximum Gasteiger partial charge on any atom is 0.501 e. The smallest absolute Gasteiger partial charge is 0.380 e. The van der Waals surface area contributed by atoms with E-state index in [4.69, 9.17) is 27.9 Å². The summed E-state index contributed by atoms with van der Waals surface area (Å²) < 4.78 is 104. The topological polar surface area (TPSA) is 152 Å². The van der Waals surface area contributed by atoms with Gasteiger partial charge in [0.1, 0.15) is 10.8 Å². The lowest BCUT2D eigenvalue weighted by atomic mass is 9.71. The minimum absolute atomic E-state index is 0.0000731. The van der Waals surface area contributed by atoms with Gasteiger partial charge in [0.05, 0.1) is 23.8 Å². The van der Waals surface area contributed by atoms with Crippen LogP contribution in [0.15, 0.2) is 117 Å². The molecule has 75 heavy (non-hydrogen) atoms. The highest BCUT2D eigenvalue weighted by atomic mass is 35.5. The third kappa shape index (κ3) is 14.8. The van der Waals surface area contributed by atoms with Crippen molar-refractivity contribution in [2.45, 2.75) is 58.8 Å². The Kier molecular flexibility index (Phi) is 18.9. The number of carbonyl (C=O) groups excluding carboxylic acids is 2. The Morgan fingerprint density at radius 3 is 2.13 bits per heavy atom. The van der Waals surface area contributed by atoms with E-state index in [0.717, 1.165) is 81.2 Å². The second-order valence-corrected chi connectivity index (χ2v) is 25.3. The van der Waals surface area contributed by atoms with Crippen LogP contribution in [-0.4, -0.2) is 170 Å². The predicted molar refractivity (Wildman–Crippen MR) is 290 cm³/mol. The largest absolute Gasteiger partial charge is 0.501 e. The first-order chi connectivity index (χ1) is 35.8. The molecule has 3 heterocycles. The van der Waals surface area contributed by atoms with Crippen LogP contribution in [0.5, 0.6) is 0 Å². The van der Waals surface area contributed by atoms with Crippen molar-refractivity contribution in [1.82, 2.24) is 24.3 Å². The molecule has 4 aliphatic rings. The molecule has 2 N–H and O–H groups in total. The molecule has 3 aliphatic heterocycles. The molecule has 0 aromatic heterocycles. The van der Waals surface area contributed by atoms with E-state index in [1.165, 1.54) is 40.6 Å². The molecule has 1 aliphatic carbocycles. The summed E-state index contributed by atoms with van der Waals surface area (Å²) >= 11 is 13.6. The Bertz CT molecular complexity index is 2870. The Hall–Kier alpha value is -4.38. The molecule has 4 aromatic rings. The number of hydrogen-bond donors (Lipinski definition) is 2. The van der Waals surface area contributed by atoms with Gasteiger partial charge in [-0.25, -0.2) is 21.6 Å². The first-order valence-corrected chi connectivity index (χ1v) is 30.0. The number of sulfonamides is 1. The van der Waals surface area contributed by atoms with Gasteiger partial charge in [0, 0.05) is 118 Å². The van der Waals surface area contributed by atoms with Crippen LogP contribution in [0.2, 0.25) is 5.02 Å². The van der Waals surface area contributed by atoms with E-state index in [2.05, 4.69) is 44.0 Å². The second kappa shape index (κ2) is 25.0. The standard InChI is InChI=1S/C53H64Cl2F3N7O7S3/c1-52(38-63-23-27-65(28-24-63)50(66)35-54)19-17-47(39-7-11-42(55)12-8-39)41(34-52)36-62-21-25-64(26-22-62)44-13-9-40(10-14-44)51(67)60-75(70,71)46-15-16-48(49(33-46)74(68,69)53(56,57)58)59-43(18-20-61-29-31-72-32-30-61)37-73-45-5-3-2-4-6-45/h2-16,33,43,59H,17-32,34-38H2,1H3,(H,60,67)/t43-,52?/m1/s1. The number of halogens is 5. The summed E-state index contributed by atoms with van der Waals surface area (Å²) in [5, 5.41) is 3.69. The lowest BCUT2D eigenvalue weighted by Crippen LogP contribution is -2.52. The average Bonchev–Trinajstić information content (AvgIpc) is 3.40. The molecule has 406 valence electrons. The fourth-order valence-corrected chi connectivity index (χ4v) is 13.6. The minimum Gasteiger partial charge on any atom is -0.380 e. The van der Waals surface area contributed by atoms with Crippen LogP contribution < -0.4 is 14.9 Å². The number of nitrogens with zero attached hydrogens (tertiary/aromatic N) is 5. The molecule has 22 heteroatoms. The molecule has 0 bridgehead atoms. The number of nitrogens with one attached hydrogen (secondary N) is 2. The molecule has 0 spiro atoms. The van der Waals surface area contributed by atoms with Gasteiger partial charge in [-0.15, -0.1) is 23.4 Å². The normalized spacial score (nSPS) is 20.2. The van der Waals surface area contributed by atoms with E-state index in [1.54, 1.807) is 12.1 Å². The Balaban J connectivity index is 0.910. The van der Waals surface area contributed by atoms with Crippen molar-refractivity contribution in [1.29, 1.82) is 0 Å². The summed E-state index contributed by atoms with van der Waals surface area (Å²) in [5.41, 5.74) is -1.37. The fraction of sp³-hybridized carbons (Fsp3) is 0.472. The van der Waals surface area contributed by atoms with Crippen molar-refractivity contribution in [2.24, 2.45) is 5.41 Å². The number of hydrogen-bond acceptors (Lipinski definition) is 13. The van der Waals surface area contributed by atoms with Crippen LogP contribution in [0.25, 0.3) is 5.57 Å². The van der Waals surface area contributed by atoms with Crippen molar-refractivity contribution >= 4 is 83.6 Å². The molecule has 1 unspecified atom stereocenters. The van der Waals surface area contributed by atoms with E-state index in [9.17, 15) is 39.6 Å². The molecular weight excluding hydrogens is 1070 g/mol. The van der Waals surface area contributed by atoms with Gasteiger partial charge in [-0.1, -0.05) is 54.4 Å². The number of alkyl halides is 4. The molecule has 14 nitrogen and oxygen atoms in total. The number of carbonyl (C=O) groups is 2. The summed E-state index contributed by atoms with van der Waals surface area (Å²) in [6, 6.07) is 25.7. The third-order valence-corrected chi connectivity index (χ3v) is 19.0. The van der Waals surface area contributed by atoms with E-state index in [1.807, 2.05) is 52.1 Å². The van der Waals surface area contributed by atoms with Crippen molar-refractivity contribution in [2.75, 3.05) is 120 Å². The molecule has 4 aromatic carbocycles. The number of sulfone groups is 1. The van der Waals surface area contributed by atoms with E-state index < -0.39 is 52.8 Å². The highest BCUT2D eigenvalue weighted by Gasteiger charge is 2.48. The number of piperazine rings is 2. The van der Waals surface area contributed by atoms with Gasteiger partial charge < -0.3 is 19.9 Å². The number of thioether (sulfide) groups is 1. The van der Waals surface area contributed by atoms with E-state index in [-0.39, 0.29) is 22.8 Å². The Morgan fingerprint density at radius 1 is 0.813 bits per heavy atom.